The highest BCUT2D eigenvalue weighted by molar-refractivity contribution is 6.05. The number of anilines is 1. The lowest BCUT2D eigenvalue weighted by molar-refractivity contribution is -0.130. The number of hydrogen-bond acceptors (Lipinski definition) is 5. The number of ether oxygens (including phenoxy) is 1. The molecule has 0 unspecified atom stereocenters. The van der Waals surface area contributed by atoms with E-state index in [0.29, 0.717) is 17.0 Å². The predicted octanol–water partition coefficient (Wildman–Crippen LogP) is 2.30. The van der Waals surface area contributed by atoms with Crippen molar-refractivity contribution in [1.82, 2.24) is 19.7 Å². The Morgan fingerprint density at radius 3 is 2.50 bits per heavy atom. The molecular formula is C20H21N5O3. The van der Waals surface area contributed by atoms with Crippen LogP contribution in [0.1, 0.15) is 15.9 Å². The number of likely N-dealkylation sites (N-methyl/N-ethyl adjacent to an activating group) is 1. The second-order valence-corrected chi connectivity index (χ2v) is 6.39. The zero-order chi connectivity index (χ0) is 20.1. The fourth-order valence-corrected chi connectivity index (χ4v) is 2.49. The molecule has 1 aromatic heterocycles. The van der Waals surface area contributed by atoms with Crippen LogP contribution in [0.3, 0.4) is 0 Å². The summed E-state index contributed by atoms with van der Waals surface area (Å²) in [6.07, 6.45) is 3.06. The first-order valence-electron chi connectivity index (χ1n) is 8.64. The summed E-state index contributed by atoms with van der Waals surface area (Å²) in [5.74, 6) is 0.225. The summed E-state index contributed by atoms with van der Waals surface area (Å²) in [4.78, 5) is 29.5. The number of aryl methyl sites for hydroxylation is 1. The Labute approximate surface area is 162 Å². The van der Waals surface area contributed by atoms with E-state index < -0.39 is 0 Å². The quantitative estimate of drug-likeness (QED) is 0.710. The smallest absolute Gasteiger partial charge is 0.259 e. The number of carbonyl (C=O) groups excluding carboxylic acids is 2. The monoisotopic (exact) mass is 379 g/mol. The molecule has 3 rings (SSSR count). The van der Waals surface area contributed by atoms with Gasteiger partial charge in [0.1, 0.15) is 18.4 Å². The lowest BCUT2D eigenvalue weighted by Gasteiger charge is -2.12. The van der Waals surface area contributed by atoms with E-state index in [4.69, 9.17) is 4.74 Å². The average Bonchev–Trinajstić information content (AvgIpc) is 3.21. The van der Waals surface area contributed by atoms with Crippen LogP contribution >= 0.6 is 0 Å². The van der Waals surface area contributed by atoms with Crippen LogP contribution in [0.5, 0.6) is 5.75 Å². The maximum atomic E-state index is 12.6. The molecule has 0 spiro atoms. The topological polar surface area (TPSA) is 89.4 Å². The van der Waals surface area contributed by atoms with Crippen molar-refractivity contribution in [1.29, 1.82) is 0 Å². The van der Waals surface area contributed by atoms with Gasteiger partial charge in [0.05, 0.1) is 5.69 Å². The largest absolute Gasteiger partial charge is 0.484 e. The molecule has 0 aliphatic rings. The Balaban J connectivity index is 1.64. The summed E-state index contributed by atoms with van der Waals surface area (Å²) in [5, 5.41) is 6.94. The Kier molecular flexibility index (Phi) is 5.69. The molecule has 0 bridgehead atoms. The number of rotatable bonds is 6. The van der Waals surface area contributed by atoms with E-state index in [0.717, 1.165) is 11.3 Å². The van der Waals surface area contributed by atoms with E-state index in [9.17, 15) is 9.59 Å². The molecule has 1 heterocycles. The van der Waals surface area contributed by atoms with Crippen LogP contribution in [0, 0.1) is 6.92 Å². The first-order chi connectivity index (χ1) is 13.4. The molecule has 0 saturated heterocycles. The van der Waals surface area contributed by atoms with Crippen molar-refractivity contribution in [3.05, 3.63) is 66.2 Å². The van der Waals surface area contributed by atoms with E-state index >= 15 is 0 Å². The fraction of sp³-hybridized carbons (Fsp3) is 0.200. The molecule has 3 aromatic rings. The molecule has 0 aliphatic carbocycles. The molecule has 8 nitrogen and oxygen atoms in total. The minimum absolute atomic E-state index is 0.0317. The van der Waals surface area contributed by atoms with Crippen molar-refractivity contribution in [3.63, 3.8) is 0 Å². The van der Waals surface area contributed by atoms with Crippen molar-refractivity contribution in [2.75, 3.05) is 26.0 Å². The van der Waals surface area contributed by atoms with Gasteiger partial charge in [-0.1, -0.05) is 0 Å². The zero-order valence-corrected chi connectivity index (χ0v) is 15.9. The number of hydrogen-bond donors (Lipinski definition) is 1. The van der Waals surface area contributed by atoms with Gasteiger partial charge in [-0.3, -0.25) is 9.59 Å². The van der Waals surface area contributed by atoms with E-state index in [1.54, 1.807) is 55.4 Å². The molecule has 0 radical (unpaired) electrons. The van der Waals surface area contributed by atoms with Gasteiger partial charge in [0, 0.05) is 25.3 Å². The van der Waals surface area contributed by atoms with Gasteiger partial charge < -0.3 is 15.0 Å². The van der Waals surface area contributed by atoms with Crippen molar-refractivity contribution in [2.24, 2.45) is 0 Å². The Morgan fingerprint density at radius 1 is 1.14 bits per heavy atom. The molecule has 0 saturated carbocycles. The summed E-state index contributed by atoms with van der Waals surface area (Å²) >= 11 is 0. The number of nitrogens with one attached hydrogen (secondary N) is 1. The summed E-state index contributed by atoms with van der Waals surface area (Å²) in [5.41, 5.74) is 2.87. The maximum absolute atomic E-state index is 12.6. The maximum Gasteiger partial charge on any atom is 0.259 e. The molecule has 0 atom stereocenters. The third kappa shape index (κ3) is 4.53. The van der Waals surface area contributed by atoms with E-state index in [2.05, 4.69) is 15.4 Å². The SMILES string of the molecule is Cc1cc(-n2cncn2)ccc1C(=O)Nc1ccc(OCC(=O)N(C)C)cc1. The standard InChI is InChI=1S/C20H21N5O3/c1-14-10-16(25-13-21-12-22-25)6-9-18(14)20(27)23-15-4-7-17(8-5-15)28-11-19(26)24(2)3/h4-10,12-13H,11H2,1-3H3,(H,23,27). The van der Waals surface area contributed by atoms with Crippen LogP contribution in [0.25, 0.3) is 5.69 Å². The second-order valence-electron chi connectivity index (χ2n) is 6.39. The second kappa shape index (κ2) is 8.34. The van der Waals surface area contributed by atoms with Crippen molar-refractivity contribution in [3.8, 4) is 11.4 Å². The highest BCUT2D eigenvalue weighted by atomic mass is 16.5. The van der Waals surface area contributed by atoms with Crippen molar-refractivity contribution >= 4 is 17.5 Å². The average molecular weight is 379 g/mol. The van der Waals surface area contributed by atoms with Gasteiger partial charge in [-0.25, -0.2) is 9.67 Å². The number of aromatic nitrogens is 3. The van der Waals surface area contributed by atoms with Gasteiger partial charge in [0.15, 0.2) is 6.61 Å². The number of carbonyl (C=O) groups is 2. The van der Waals surface area contributed by atoms with Crippen molar-refractivity contribution < 1.29 is 14.3 Å². The van der Waals surface area contributed by atoms with Gasteiger partial charge in [0.25, 0.3) is 11.8 Å². The van der Waals surface area contributed by atoms with Crippen LogP contribution in [0.2, 0.25) is 0 Å². The predicted molar refractivity (Wildman–Crippen MR) is 105 cm³/mol. The highest BCUT2D eigenvalue weighted by Gasteiger charge is 2.11. The van der Waals surface area contributed by atoms with Crippen LogP contribution in [-0.4, -0.2) is 52.2 Å². The minimum Gasteiger partial charge on any atom is -0.484 e. The Hall–Kier alpha value is -3.68. The lowest BCUT2D eigenvalue weighted by Crippen LogP contribution is -2.27. The highest BCUT2D eigenvalue weighted by Crippen LogP contribution is 2.19. The van der Waals surface area contributed by atoms with E-state index in [1.807, 2.05) is 19.1 Å². The molecule has 144 valence electrons. The molecule has 1 N–H and O–H groups in total. The molecule has 0 fully saturated rings. The van der Waals surface area contributed by atoms with Gasteiger partial charge in [-0.05, 0) is 55.0 Å². The third-order valence-corrected chi connectivity index (χ3v) is 4.11. The first-order valence-corrected chi connectivity index (χ1v) is 8.64. The zero-order valence-electron chi connectivity index (χ0n) is 15.9. The van der Waals surface area contributed by atoms with Gasteiger partial charge >= 0.3 is 0 Å². The summed E-state index contributed by atoms with van der Waals surface area (Å²) in [7, 11) is 3.34. The van der Waals surface area contributed by atoms with Crippen LogP contribution in [0.15, 0.2) is 55.1 Å². The Bertz CT molecular complexity index is 966. The van der Waals surface area contributed by atoms with Crippen molar-refractivity contribution in [2.45, 2.75) is 6.92 Å². The summed E-state index contributed by atoms with van der Waals surface area (Å²) in [6, 6.07) is 12.3. The molecule has 2 aromatic carbocycles. The van der Waals surface area contributed by atoms with E-state index in [-0.39, 0.29) is 18.4 Å². The molecule has 8 heteroatoms. The lowest BCUT2D eigenvalue weighted by atomic mass is 10.1. The summed E-state index contributed by atoms with van der Waals surface area (Å²) in [6.45, 7) is 1.84. The van der Waals surface area contributed by atoms with Crippen LogP contribution < -0.4 is 10.1 Å². The summed E-state index contributed by atoms with van der Waals surface area (Å²) < 4.78 is 7.06. The molecular weight excluding hydrogens is 358 g/mol. The minimum atomic E-state index is -0.209. The first kappa shape index (κ1) is 19.1. The van der Waals surface area contributed by atoms with Crippen LogP contribution in [-0.2, 0) is 4.79 Å². The van der Waals surface area contributed by atoms with Gasteiger partial charge in [-0.15, -0.1) is 0 Å². The molecule has 0 aliphatic heterocycles. The third-order valence-electron chi connectivity index (χ3n) is 4.11. The van der Waals surface area contributed by atoms with Crippen LogP contribution in [0.4, 0.5) is 5.69 Å². The van der Waals surface area contributed by atoms with Gasteiger partial charge in [0.2, 0.25) is 0 Å². The molecule has 28 heavy (non-hydrogen) atoms. The van der Waals surface area contributed by atoms with Gasteiger partial charge in [-0.2, -0.15) is 5.10 Å². The molecule has 2 amide bonds. The Morgan fingerprint density at radius 2 is 1.89 bits per heavy atom. The number of benzene rings is 2. The van der Waals surface area contributed by atoms with E-state index in [1.165, 1.54) is 11.2 Å². The fourth-order valence-electron chi connectivity index (χ4n) is 2.49. The number of amides is 2. The number of nitrogens with zero attached hydrogens (tertiary/aromatic N) is 4. The normalized spacial score (nSPS) is 10.4.